The highest BCUT2D eigenvalue weighted by atomic mass is 32.2. The maximum atomic E-state index is 13.8. The Morgan fingerprint density at radius 2 is 1.78 bits per heavy atom. The number of carbonyl (C=O) groups excluding carboxylic acids is 3. The lowest BCUT2D eigenvalue weighted by Crippen LogP contribution is -2.58. The molecule has 0 saturated carbocycles. The molecule has 2 aliphatic heterocycles. The number of hydrogen-bond donors (Lipinski definition) is 5. The molecule has 3 aliphatic rings. The van der Waals surface area contributed by atoms with Crippen molar-refractivity contribution in [2.24, 2.45) is 17.3 Å². The fraction of sp³-hybridized carbons (Fsp3) is 0.688. The molecule has 6 unspecified atom stereocenters. The van der Waals surface area contributed by atoms with Crippen LogP contribution in [0.15, 0.2) is 34.4 Å². The van der Waals surface area contributed by atoms with Crippen molar-refractivity contribution in [3.8, 4) is 0 Å². The molecule has 0 aromatic carbocycles. The van der Waals surface area contributed by atoms with Crippen molar-refractivity contribution in [2.75, 3.05) is 39.5 Å². The molecule has 1 saturated heterocycles. The van der Waals surface area contributed by atoms with E-state index in [1.54, 1.807) is 11.8 Å². The van der Waals surface area contributed by atoms with Gasteiger partial charge in [-0.3, -0.25) is 19.2 Å². The van der Waals surface area contributed by atoms with Crippen molar-refractivity contribution in [1.29, 1.82) is 0 Å². The zero-order valence-corrected chi connectivity index (χ0v) is 28.1. The van der Waals surface area contributed by atoms with Gasteiger partial charge in [-0.2, -0.15) is 0 Å². The third-order valence-electron chi connectivity index (χ3n) is 8.06. The van der Waals surface area contributed by atoms with E-state index in [1.165, 1.54) is 21.1 Å². The van der Waals surface area contributed by atoms with Crippen LogP contribution in [0, 0.1) is 17.3 Å². The summed E-state index contributed by atoms with van der Waals surface area (Å²) in [5.41, 5.74) is 1.69. The number of thioether (sulfide) groups is 1. The number of likely N-dealkylation sites (tertiary alicyclic amines) is 1. The molecule has 2 heterocycles. The fourth-order valence-electron chi connectivity index (χ4n) is 5.56. The zero-order valence-electron chi connectivity index (χ0n) is 27.3. The van der Waals surface area contributed by atoms with Crippen LogP contribution in [0.1, 0.15) is 60.8 Å². The van der Waals surface area contributed by atoms with Crippen LogP contribution in [0.4, 0.5) is 0 Å². The van der Waals surface area contributed by atoms with E-state index in [9.17, 15) is 24.3 Å². The lowest BCUT2D eigenvalue weighted by Gasteiger charge is -2.35. The number of aliphatic carboxylic acids is 1. The summed E-state index contributed by atoms with van der Waals surface area (Å²) in [7, 11) is 0. The van der Waals surface area contributed by atoms with Crippen LogP contribution in [0.3, 0.4) is 0 Å². The molecule has 3 amide bonds. The summed E-state index contributed by atoms with van der Waals surface area (Å²) in [5, 5.41) is 28.7. The number of carboxylic acid groups (broad SMARTS) is 1. The molecule has 12 nitrogen and oxygen atoms in total. The first-order valence-electron chi connectivity index (χ1n) is 15.6. The van der Waals surface area contributed by atoms with Crippen molar-refractivity contribution in [3.05, 3.63) is 34.4 Å². The Bertz CT molecular complexity index is 1180. The number of allylic oxidation sites excluding steroid dienone is 4. The average molecular weight is 651 g/mol. The van der Waals surface area contributed by atoms with Crippen LogP contribution >= 0.6 is 11.8 Å². The van der Waals surface area contributed by atoms with E-state index in [2.05, 4.69) is 54.9 Å². The van der Waals surface area contributed by atoms with Crippen molar-refractivity contribution in [3.63, 3.8) is 0 Å². The van der Waals surface area contributed by atoms with E-state index in [0.717, 1.165) is 0 Å². The molecule has 0 aromatic heterocycles. The van der Waals surface area contributed by atoms with Gasteiger partial charge in [-0.25, -0.2) is 0 Å². The van der Waals surface area contributed by atoms with Crippen LogP contribution in [0.5, 0.6) is 0 Å². The summed E-state index contributed by atoms with van der Waals surface area (Å²) in [6.45, 7) is 12.8. The molecule has 1 fully saturated rings. The molecule has 13 heteroatoms. The first-order valence-corrected chi connectivity index (χ1v) is 16.5. The molecule has 45 heavy (non-hydrogen) atoms. The number of aliphatic hydroxyl groups is 1. The zero-order chi connectivity index (χ0) is 33.3. The SMILES string of the molecule is CC1=C(C2=CC(C)C(CNC(=O)C3CC(O)CN3C(=O)C(NC(=O)CCOCCOCCC(=O)O)C(C)(C)C)C=C2)SC(C)N1. The number of aliphatic hydroxyl groups excluding tert-OH is 1. The number of ether oxygens (including phenoxy) is 2. The van der Waals surface area contributed by atoms with E-state index in [0.29, 0.717) is 11.9 Å². The Hall–Kier alpha value is -2.87. The summed E-state index contributed by atoms with van der Waals surface area (Å²) < 4.78 is 10.6. The first kappa shape index (κ1) is 36.6. The predicted octanol–water partition coefficient (Wildman–Crippen LogP) is 2.16. The maximum Gasteiger partial charge on any atom is 0.305 e. The Morgan fingerprint density at radius 1 is 1.11 bits per heavy atom. The number of β-amino-alcohol motifs (C(OH)–C–C–N with tert-alkyl or cyclic N) is 1. The minimum Gasteiger partial charge on any atom is -0.481 e. The smallest absolute Gasteiger partial charge is 0.305 e. The van der Waals surface area contributed by atoms with E-state index in [1.807, 2.05) is 20.8 Å². The third-order valence-corrected chi connectivity index (χ3v) is 9.31. The molecule has 0 bridgehead atoms. The molecule has 6 atom stereocenters. The van der Waals surface area contributed by atoms with Crippen molar-refractivity contribution < 1.29 is 38.9 Å². The van der Waals surface area contributed by atoms with Crippen LogP contribution in [-0.2, 0) is 28.7 Å². The van der Waals surface area contributed by atoms with Crippen LogP contribution in [0.2, 0.25) is 0 Å². The molecule has 1 aliphatic carbocycles. The van der Waals surface area contributed by atoms with E-state index < -0.39 is 35.5 Å². The third kappa shape index (κ3) is 10.9. The van der Waals surface area contributed by atoms with Crippen LogP contribution < -0.4 is 16.0 Å². The number of carboxylic acids is 1. The fourth-order valence-corrected chi connectivity index (χ4v) is 6.65. The van der Waals surface area contributed by atoms with Gasteiger partial charge in [0, 0.05) is 42.5 Å². The number of amides is 3. The van der Waals surface area contributed by atoms with Crippen LogP contribution in [0.25, 0.3) is 0 Å². The molecular weight excluding hydrogens is 600 g/mol. The number of nitrogens with one attached hydrogen (secondary N) is 3. The lowest BCUT2D eigenvalue weighted by atomic mass is 9.85. The number of carbonyl (C=O) groups is 4. The van der Waals surface area contributed by atoms with Gasteiger partial charge in [-0.05, 0) is 30.8 Å². The minimum absolute atomic E-state index is 0.00871. The largest absolute Gasteiger partial charge is 0.481 e. The molecule has 5 N–H and O–H groups in total. The van der Waals surface area contributed by atoms with E-state index in [-0.39, 0.29) is 75.9 Å². The minimum atomic E-state index is -0.941. The Balaban J connectivity index is 1.52. The highest BCUT2D eigenvalue weighted by Crippen LogP contribution is 2.38. The summed E-state index contributed by atoms with van der Waals surface area (Å²) >= 11 is 1.80. The van der Waals surface area contributed by atoms with Crippen molar-refractivity contribution in [1.82, 2.24) is 20.9 Å². The summed E-state index contributed by atoms with van der Waals surface area (Å²) in [5.74, 6) is -1.78. The topological polar surface area (TPSA) is 167 Å². The standard InChI is InChI=1S/C32H50N4O8S/c1-19-15-22(28-20(2)34-21(3)45-28)7-8-23(19)17-33-30(41)25-16-24(37)18-36(25)31(42)29(32(4,5)6)35-26(38)9-11-43-13-14-44-12-10-27(39)40/h7-8,15,19,21,23-25,29,34,37H,9-14,16-18H2,1-6H3,(H,33,41)(H,35,38)(H,39,40). The number of hydrogen-bond acceptors (Lipinski definition) is 9. The van der Waals surface area contributed by atoms with Gasteiger partial charge >= 0.3 is 5.97 Å². The van der Waals surface area contributed by atoms with Gasteiger partial charge in [0.15, 0.2) is 0 Å². The van der Waals surface area contributed by atoms with Gasteiger partial charge in [0.1, 0.15) is 12.1 Å². The molecule has 0 aromatic rings. The molecule has 0 spiro atoms. The van der Waals surface area contributed by atoms with Crippen molar-refractivity contribution >= 4 is 35.5 Å². The van der Waals surface area contributed by atoms with Crippen molar-refractivity contribution in [2.45, 2.75) is 84.4 Å². The number of rotatable bonds is 15. The van der Waals surface area contributed by atoms with Gasteiger partial charge in [0.05, 0.1) is 44.3 Å². The monoisotopic (exact) mass is 650 g/mol. The highest BCUT2D eigenvalue weighted by Gasteiger charge is 2.44. The normalized spacial score (nSPS) is 25.5. The highest BCUT2D eigenvalue weighted by molar-refractivity contribution is 8.04. The van der Waals surface area contributed by atoms with Gasteiger partial charge in [0.25, 0.3) is 0 Å². The molecule has 252 valence electrons. The van der Waals surface area contributed by atoms with Gasteiger partial charge in [-0.15, -0.1) is 0 Å². The summed E-state index contributed by atoms with van der Waals surface area (Å²) in [4.78, 5) is 53.1. The second-order valence-corrected chi connectivity index (χ2v) is 14.3. The molecule has 0 radical (unpaired) electrons. The van der Waals surface area contributed by atoms with Gasteiger partial charge in [-0.1, -0.05) is 57.7 Å². The molecular formula is C32H50N4O8S. The number of nitrogens with zero attached hydrogens (tertiary/aromatic N) is 1. The quantitative estimate of drug-likeness (QED) is 0.166. The van der Waals surface area contributed by atoms with E-state index in [4.69, 9.17) is 14.6 Å². The second kappa shape index (κ2) is 16.6. The summed E-state index contributed by atoms with van der Waals surface area (Å²) in [6.07, 6.45) is 5.66. The Kier molecular flexibility index (Phi) is 13.5. The molecule has 3 rings (SSSR count). The van der Waals surface area contributed by atoms with Crippen LogP contribution in [-0.4, -0.2) is 102 Å². The van der Waals surface area contributed by atoms with Gasteiger partial charge < -0.3 is 40.5 Å². The maximum absolute atomic E-state index is 13.8. The second-order valence-electron chi connectivity index (χ2n) is 13.0. The van der Waals surface area contributed by atoms with E-state index >= 15 is 0 Å². The average Bonchev–Trinajstić information content (AvgIpc) is 3.51. The first-order chi connectivity index (χ1) is 21.2. The van der Waals surface area contributed by atoms with Gasteiger partial charge in [0.2, 0.25) is 17.7 Å². The summed E-state index contributed by atoms with van der Waals surface area (Å²) in [6, 6.07) is -1.76. The lowest BCUT2D eigenvalue weighted by molar-refractivity contribution is -0.144. The Labute approximate surface area is 270 Å². The Morgan fingerprint density at radius 3 is 2.36 bits per heavy atom. The predicted molar refractivity (Wildman–Crippen MR) is 172 cm³/mol.